The molecule has 18 heavy (non-hydrogen) atoms. The average molecular weight is 311 g/mol. The molecule has 6 heteroatoms. The van der Waals surface area contributed by atoms with E-state index in [0.717, 1.165) is 5.56 Å². The molecule has 0 fully saturated rings. The first kappa shape index (κ1) is 16.0. The van der Waals surface area contributed by atoms with Gasteiger partial charge in [-0.1, -0.05) is 30.3 Å². The molecule has 0 bridgehead atoms. The fourth-order valence-corrected chi connectivity index (χ4v) is 3.40. The smallest absolute Gasteiger partial charge is 0.307 e. The fourth-order valence-electron chi connectivity index (χ4n) is 1.42. The quantitative estimate of drug-likeness (QED) is 0.512. The van der Waals surface area contributed by atoms with Crippen LogP contribution in [-0.2, 0) is 20.0 Å². The minimum atomic E-state index is -3.09. The number of halogens is 2. The summed E-state index contributed by atoms with van der Waals surface area (Å²) in [6.45, 7) is 0.436. The summed E-state index contributed by atoms with van der Waals surface area (Å²) in [6.07, 6.45) is 0.980. The van der Waals surface area contributed by atoms with Gasteiger partial charge in [-0.15, -0.1) is 23.2 Å². The monoisotopic (exact) mass is 310 g/mol. The standard InChI is InChI=1S/C12H17Cl2O3P/c13-7-9-16-18(15,17-10-8-14)11-6-12-4-2-1-3-5-12/h1-5H,6-11H2. The first-order chi connectivity index (χ1) is 8.70. The number of aryl methyl sites for hydroxylation is 1. The molecule has 0 atom stereocenters. The molecule has 0 amide bonds. The van der Waals surface area contributed by atoms with Crippen molar-refractivity contribution in [3.63, 3.8) is 0 Å². The molecule has 0 saturated heterocycles. The van der Waals surface area contributed by atoms with Gasteiger partial charge in [0, 0.05) is 11.8 Å². The van der Waals surface area contributed by atoms with E-state index in [4.69, 9.17) is 32.2 Å². The van der Waals surface area contributed by atoms with Gasteiger partial charge in [0.05, 0.1) is 19.4 Å². The summed E-state index contributed by atoms with van der Waals surface area (Å²) in [5, 5.41) is 0. The zero-order chi connectivity index (χ0) is 13.3. The van der Waals surface area contributed by atoms with Gasteiger partial charge in [-0.25, -0.2) is 0 Å². The topological polar surface area (TPSA) is 35.5 Å². The maximum atomic E-state index is 12.3. The molecule has 0 radical (unpaired) electrons. The Balaban J connectivity index is 2.52. The summed E-state index contributed by atoms with van der Waals surface area (Å²) in [5.41, 5.74) is 1.10. The van der Waals surface area contributed by atoms with E-state index in [0.29, 0.717) is 24.3 Å². The molecule has 0 aliphatic rings. The van der Waals surface area contributed by atoms with Gasteiger partial charge in [0.1, 0.15) is 0 Å². The van der Waals surface area contributed by atoms with Crippen LogP contribution < -0.4 is 0 Å². The highest BCUT2D eigenvalue weighted by Crippen LogP contribution is 2.48. The zero-order valence-electron chi connectivity index (χ0n) is 10.1. The highest BCUT2D eigenvalue weighted by molar-refractivity contribution is 7.53. The van der Waals surface area contributed by atoms with Crippen LogP contribution in [0.25, 0.3) is 0 Å². The van der Waals surface area contributed by atoms with Crippen LogP contribution in [-0.4, -0.2) is 31.1 Å². The molecule has 0 aromatic heterocycles. The summed E-state index contributed by atoms with van der Waals surface area (Å²) in [4.78, 5) is 0. The number of alkyl halides is 2. The van der Waals surface area contributed by atoms with Crippen molar-refractivity contribution in [1.29, 1.82) is 0 Å². The van der Waals surface area contributed by atoms with E-state index in [-0.39, 0.29) is 13.2 Å². The number of hydrogen-bond acceptors (Lipinski definition) is 3. The van der Waals surface area contributed by atoms with Crippen LogP contribution in [0.2, 0.25) is 0 Å². The van der Waals surface area contributed by atoms with Crippen molar-refractivity contribution in [1.82, 2.24) is 0 Å². The SMILES string of the molecule is O=P(CCc1ccccc1)(OCCCl)OCCCl. The van der Waals surface area contributed by atoms with Gasteiger partial charge >= 0.3 is 7.60 Å². The summed E-state index contributed by atoms with van der Waals surface area (Å²) >= 11 is 11.1. The first-order valence-electron chi connectivity index (χ1n) is 5.74. The maximum Gasteiger partial charge on any atom is 0.331 e. The molecule has 0 aliphatic carbocycles. The molecule has 0 unspecified atom stereocenters. The predicted molar refractivity (Wildman–Crippen MR) is 76.0 cm³/mol. The highest BCUT2D eigenvalue weighted by atomic mass is 35.5. The third kappa shape index (κ3) is 6.21. The lowest BCUT2D eigenvalue weighted by Gasteiger charge is -2.17. The van der Waals surface area contributed by atoms with E-state index in [1.165, 1.54) is 0 Å². The van der Waals surface area contributed by atoms with Crippen molar-refractivity contribution in [2.45, 2.75) is 6.42 Å². The Morgan fingerprint density at radius 2 is 1.56 bits per heavy atom. The van der Waals surface area contributed by atoms with E-state index < -0.39 is 7.60 Å². The third-order valence-corrected chi connectivity index (χ3v) is 4.48. The molecule has 1 rings (SSSR count). The number of rotatable bonds is 9. The van der Waals surface area contributed by atoms with E-state index >= 15 is 0 Å². The Morgan fingerprint density at radius 3 is 2.06 bits per heavy atom. The van der Waals surface area contributed by atoms with Crippen molar-refractivity contribution < 1.29 is 13.6 Å². The maximum absolute atomic E-state index is 12.3. The van der Waals surface area contributed by atoms with Crippen LogP contribution >= 0.6 is 30.8 Å². The third-order valence-electron chi connectivity index (χ3n) is 2.25. The number of hydrogen-bond donors (Lipinski definition) is 0. The Labute approximate surface area is 118 Å². The Hall–Kier alpha value is -0.0500. The van der Waals surface area contributed by atoms with E-state index in [1.54, 1.807) is 0 Å². The van der Waals surface area contributed by atoms with Crippen LogP contribution in [0.1, 0.15) is 5.56 Å². The molecule has 0 N–H and O–H groups in total. The van der Waals surface area contributed by atoms with Gasteiger partial charge in [0.2, 0.25) is 0 Å². The van der Waals surface area contributed by atoms with Crippen LogP contribution in [0.4, 0.5) is 0 Å². The number of benzene rings is 1. The van der Waals surface area contributed by atoms with Crippen LogP contribution in [0.15, 0.2) is 30.3 Å². The Bertz CT molecular complexity index is 361. The van der Waals surface area contributed by atoms with Crippen molar-refractivity contribution in [3.05, 3.63) is 35.9 Å². The molecule has 0 spiro atoms. The molecular formula is C12H17Cl2O3P. The summed E-state index contributed by atoms with van der Waals surface area (Å²) < 4.78 is 22.8. The lowest BCUT2D eigenvalue weighted by atomic mass is 10.2. The Kier molecular flexibility index (Phi) is 7.96. The molecule has 1 aromatic carbocycles. The van der Waals surface area contributed by atoms with Crippen LogP contribution in [0.5, 0.6) is 0 Å². The molecular weight excluding hydrogens is 294 g/mol. The zero-order valence-corrected chi connectivity index (χ0v) is 12.5. The molecule has 3 nitrogen and oxygen atoms in total. The lowest BCUT2D eigenvalue weighted by Crippen LogP contribution is -2.06. The fraction of sp³-hybridized carbons (Fsp3) is 0.500. The minimum Gasteiger partial charge on any atom is -0.307 e. The molecule has 0 aliphatic heterocycles. The van der Waals surface area contributed by atoms with Crippen LogP contribution in [0, 0.1) is 0 Å². The minimum absolute atomic E-state index is 0.218. The van der Waals surface area contributed by atoms with E-state index in [1.807, 2.05) is 30.3 Å². The van der Waals surface area contributed by atoms with Gasteiger partial charge in [-0.3, -0.25) is 4.57 Å². The average Bonchev–Trinajstić information content (AvgIpc) is 2.42. The van der Waals surface area contributed by atoms with Crippen LogP contribution in [0.3, 0.4) is 0 Å². The molecule has 0 heterocycles. The predicted octanol–water partition coefficient (Wildman–Crippen LogP) is 3.93. The highest BCUT2D eigenvalue weighted by Gasteiger charge is 2.23. The van der Waals surface area contributed by atoms with Gasteiger partial charge < -0.3 is 9.05 Å². The second kappa shape index (κ2) is 8.95. The van der Waals surface area contributed by atoms with Crippen molar-refractivity contribution >= 4 is 30.8 Å². The Morgan fingerprint density at radius 1 is 1.00 bits per heavy atom. The largest absolute Gasteiger partial charge is 0.331 e. The molecule has 0 saturated carbocycles. The lowest BCUT2D eigenvalue weighted by molar-refractivity contribution is 0.222. The summed E-state index contributed by atoms with van der Waals surface area (Å²) in [5.74, 6) is 0.582. The van der Waals surface area contributed by atoms with E-state index in [9.17, 15) is 4.57 Å². The molecule has 1 aromatic rings. The van der Waals surface area contributed by atoms with E-state index in [2.05, 4.69) is 0 Å². The van der Waals surface area contributed by atoms with Gasteiger partial charge in [0.15, 0.2) is 0 Å². The first-order valence-corrected chi connectivity index (χ1v) is 8.54. The van der Waals surface area contributed by atoms with Crippen molar-refractivity contribution in [2.75, 3.05) is 31.1 Å². The van der Waals surface area contributed by atoms with Gasteiger partial charge in [-0.2, -0.15) is 0 Å². The normalized spacial score (nSPS) is 11.7. The van der Waals surface area contributed by atoms with Gasteiger partial charge in [0.25, 0.3) is 0 Å². The van der Waals surface area contributed by atoms with Crippen molar-refractivity contribution in [2.24, 2.45) is 0 Å². The summed E-state index contributed by atoms with van der Waals surface area (Å²) in [7, 11) is -3.09. The van der Waals surface area contributed by atoms with Crippen molar-refractivity contribution in [3.8, 4) is 0 Å². The van der Waals surface area contributed by atoms with Gasteiger partial charge in [-0.05, 0) is 12.0 Å². The second-order valence-corrected chi connectivity index (χ2v) is 6.56. The molecule has 102 valence electrons. The second-order valence-electron chi connectivity index (χ2n) is 3.61. The summed E-state index contributed by atoms with van der Waals surface area (Å²) in [6, 6.07) is 9.79.